The van der Waals surface area contributed by atoms with Gasteiger partial charge in [-0.15, -0.1) is 0 Å². The van der Waals surface area contributed by atoms with Crippen LogP contribution in [0.4, 0.5) is 4.39 Å². The minimum atomic E-state index is -0.714. The van der Waals surface area contributed by atoms with Crippen molar-refractivity contribution in [3.8, 4) is 11.8 Å². The third-order valence-electron chi connectivity index (χ3n) is 1.07. The Balaban J connectivity index is 2.84. The molecule has 3 nitrogen and oxygen atoms in total. The molecule has 0 radical (unpaired) electrons. The summed E-state index contributed by atoms with van der Waals surface area (Å²) < 4.78 is 18.1. The van der Waals surface area contributed by atoms with Gasteiger partial charge in [0.25, 0.3) is 5.95 Å². The van der Waals surface area contributed by atoms with Gasteiger partial charge in [0, 0.05) is 16.7 Å². The van der Waals surface area contributed by atoms with E-state index in [-0.39, 0.29) is 12.4 Å². The summed E-state index contributed by atoms with van der Waals surface area (Å²) in [5, 5.41) is 8.16. The van der Waals surface area contributed by atoms with Gasteiger partial charge in [-0.3, -0.25) is 0 Å². The normalized spacial score (nSPS) is 9.08. The van der Waals surface area contributed by atoms with Gasteiger partial charge < -0.3 is 4.74 Å². The zero-order valence-electron chi connectivity index (χ0n) is 5.92. The van der Waals surface area contributed by atoms with E-state index in [0.29, 0.717) is 4.47 Å². The minimum absolute atomic E-state index is 0.0223. The van der Waals surface area contributed by atoms with Crippen LogP contribution >= 0.6 is 15.9 Å². The van der Waals surface area contributed by atoms with E-state index in [4.69, 9.17) is 10.00 Å². The monoisotopic (exact) mass is 230 g/mol. The molecule has 0 aromatic carbocycles. The lowest BCUT2D eigenvalue weighted by molar-refractivity contribution is 0.339. The fraction of sp³-hybridized carbons (Fsp3) is 0.143. The summed E-state index contributed by atoms with van der Waals surface area (Å²) >= 11 is 3.10. The Hall–Kier alpha value is -1.15. The number of nitriles is 1. The van der Waals surface area contributed by atoms with Crippen LogP contribution in [0.2, 0.25) is 0 Å². The summed E-state index contributed by atoms with van der Waals surface area (Å²) in [4.78, 5) is 3.38. The van der Waals surface area contributed by atoms with Crippen LogP contribution in [0.25, 0.3) is 0 Å². The maximum absolute atomic E-state index is 12.7. The molecule has 0 aliphatic carbocycles. The SMILES string of the molecule is N#CCOc1cc(Br)cnc1F. The van der Waals surface area contributed by atoms with E-state index in [2.05, 4.69) is 20.9 Å². The Morgan fingerprint density at radius 3 is 3.17 bits per heavy atom. The van der Waals surface area contributed by atoms with Gasteiger partial charge in [0.05, 0.1) is 0 Å². The first-order chi connectivity index (χ1) is 5.74. The molecule has 1 aromatic heterocycles. The molecule has 1 heterocycles. The second-order valence-electron chi connectivity index (χ2n) is 1.89. The summed E-state index contributed by atoms with van der Waals surface area (Å²) in [6.45, 7) is -0.185. The maximum Gasteiger partial charge on any atom is 0.255 e. The van der Waals surface area contributed by atoms with Gasteiger partial charge in [-0.05, 0) is 15.9 Å². The molecular formula is C7H4BrFN2O. The summed E-state index contributed by atoms with van der Waals surface area (Å²) in [5.74, 6) is -0.737. The van der Waals surface area contributed by atoms with Gasteiger partial charge in [-0.1, -0.05) is 0 Å². The lowest BCUT2D eigenvalue weighted by Crippen LogP contribution is -1.97. The largest absolute Gasteiger partial charge is 0.474 e. The average molecular weight is 231 g/mol. The van der Waals surface area contributed by atoms with Crippen LogP contribution < -0.4 is 4.74 Å². The molecule has 0 saturated carbocycles. The number of rotatable bonds is 2. The second-order valence-corrected chi connectivity index (χ2v) is 2.80. The molecule has 1 rings (SSSR count). The highest BCUT2D eigenvalue weighted by atomic mass is 79.9. The molecule has 0 aliphatic rings. The molecule has 0 saturated heterocycles. The van der Waals surface area contributed by atoms with Gasteiger partial charge in [-0.2, -0.15) is 9.65 Å². The van der Waals surface area contributed by atoms with Gasteiger partial charge in [-0.25, -0.2) is 4.98 Å². The maximum atomic E-state index is 12.7. The molecule has 5 heteroatoms. The minimum Gasteiger partial charge on any atom is -0.474 e. The Morgan fingerprint density at radius 1 is 1.75 bits per heavy atom. The molecule has 1 aromatic rings. The molecule has 62 valence electrons. The highest BCUT2D eigenvalue weighted by Crippen LogP contribution is 2.19. The van der Waals surface area contributed by atoms with Crippen LogP contribution in [-0.4, -0.2) is 11.6 Å². The number of halogens is 2. The lowest BCUT2D eigenvalue weighted by atomic mass is 10.4. The Morgan fingerprint density at radius 2 is 2.50 bits per heavy atom. The van der Waals surface area contributed by atoms with Crippen LogP contribution in [0.1, 0.15) is 0 Å². The topological polar surface area (TPSA) is 45.9 Å². The predicted molar refractivity (Wildman–Crippen MR) is 43.0 cm³/mol. The first-order valence-electron chi connectivity index (χ1n) is 3.05. The molecule has 0 aliphatic heterocycles. The first kappa shape index (κ1) is 8.94. The van der Waals surface area contributed by atoms with E-state index in [1.807, 2.05) is 0 Å². The molecule has 0 atom stereocenters. The van der Waals surface area contributed by atoms with Gasteiger partial charge in [0.1, 0.15) is 6.07 Å². The van der Waals surface area contributed by atoms with E-state index in [9.17, 15) is 4.39 Å². The molecule has 0 fully saturated rings. The van der Waals surface area contributed by atoms with Crippen molar-refractivity contribution >= 4 is 15.9 Å². The van der Waals surface area contributed by atoms with E-state index < -0.39 is 5.95 Å². The second kappa shape index (κ2) is 4.02. The van der Waals surface area contributed by atoms with Crippen LogP contribution in [0.5, 0.6) is 5.75 Å². The van der Waals surface area contributed by atoms with Crippen LogP contribution in [0, 0.1) is 17.3 Å². The number of ether oxygens (including phenoxy) is 1. The van der Waals surface area contributed by atoms with Crippen molar-refractivity contribution in [3.05, 3.63) is 22.7 Å². The zero-order valence-corrected chi connectivity index (χ0v) is 7.51. The number of pyridine rings is 1. The van der Waals surface area contributed by atoms with E-state index in [1.54, 1.807) is 6.07 Å². The van der Waals surface area contributed by atoms with E-state index >= 15 is 0 Å². The molecule has 12 heavy (non-hydrogen) atoms. The number of hydrogen-bond acceptors (Lipinski definition) is 3. The third-order valence-corrected chi connectivity index (χ3v) is 1.50. The lowest BCUT2D eigenvalue weighted by Gasteiger charge is -2.01. The number of nitrogens with zero attached hydrogens (tertiary/aromatic N) is 2. The quantitative estimate of drug-likeness (QED) is 0.730. The van der Waals surface area contributed by atoms with Crippen molar-refractivity contribution < 1.29 is 9.13 Å². The highest BCUT2D eigenvalue weighted by Gasteiger charge is 2.04. The Bertz CT molecular complexity index is 324. The van der Waals surface area contributed by atoms with Gasteiger partial charge in [0.2, 0.25) is 0 Å². The fourth-order valence-corrected chi connectivity index (χ4v) is 0.926. The smallest absolute Gasteiger partial charge is 0.255 e. The summed E-state index contributed by atoms with van der Waals surface area (Å²) in [6.07, 6.45) is 1.31. The van der Waals surface area contributed by atoms with Crippen molar-refractivity contribution in [2.24, 2.45) is 0 Å². The summed E-state index contributed by atoms with van der Waals surface area (Å²) in [7, 11) is 0. The Labute approximate surface area is 76.9 Å². The van der Waals surface area contributed by atoms with Crippen LogP contribution in [-0.2, 0) is 0 Å². The van der Waals surface area contributed by atoms with E-state index in [1.165, 1.54) is 12.3 Å². The predicted octanol–water partition coefficient (Wildman–Crippen LogP) is 1.89. The summed E-state index contributed by atoms with van der Waals surface area (Å²) in [5.41, 5.74) is 0. The average Bonchev–Trinajstić information content (AvgIpc) is 2.07. The molecular weight excluding hydrogens is 227 g/mol. The van der Waals surface area contributed by atoms with Crippen LogP contribution in [0.3, 0.4) is 0 Å². The molecule has 0 spiro atoms. The van der Waals surface area contributed by atoms with Gasteiger partial charge >= 0.3 is 0 Å². The summed E-state index contributed by atoms with van der Waals surface area (Å²) in [6, 6.07) is 3.15. The standard InChI is InChI=1S/C7H4BrFN2O/c8-5-3-6(12-2-1-10)7(9)11-4-5/h3-4H,2H2. The van der Waals surface area contributed by atoms with Crippen molar-refractivity contribution in [3.63, 3.8) is 0 Å². The van der Waals surface area contributed by atoms with E-state index in [0.717, 1.165) is 0 Å². The number of aromatic nitrogens is 1. The third kappa shape index (κ3) is 2.17. The van der Waals surface area contributed by atoms with Crippen LogP contribution in [0.15, 0.2) is 16.7 Å². The molecule has 0 bridgehead atoms. The van der Waals surface area contributed by atoms with Crippen molar-refractivity contribution in [1.29, 1.82) is 5.26 Å². The van der Waals surface area contributed by atoms with Gasteiger partial charge in [0.15, 0.2) is 12.4 Å². The Kier molecular flexibility index (Phi) is 3.00. The number of hydrogen-bond donors (Lipinski definition) is 0. The zero-order chi connectivity index (χ0) is 8.97. The molecule has 0 amide bonds. The van der Waals surface area contributed by atoms with Crippen molar-refractivity contribution in [2.75, 3.05) is 6.61 Å². The molecule has 0 unspecified atom stereocenters. The fourth-order valence-electron chi connectivity index (χ4n) is 0.615. The van der Waals surface area contributed by atoms with Crippen molar-refractivity contribution in [2.45, 2.75) is 0 Å². The molecule has 0 N–H and O–H groups in total. The highest BCUT2D eigenvalue weighted by molar-refractivity contribution is 9.10. The van der Waals surface area contributed by atoms with Crippen molar-refractivity contribution in [1.82, 2.24) is 4.98 Å². The first-order valence-corrected chi connectivity index (χ1v) is 3.84.